The van der Waals surface area contributed by atoms with Crippen LogP contribution in [-0.2, 0) is 13.6 Å². The monoisotopic (exact) mass is 260 g/mol. The van der Waals surface area contributed by atoms with Crippen LogP contribution in [0.3, 0.4) is 0 Å². The first-order valence-corrected chi connectivity index (χ1v) is 5.79. The molecule has 100 valence electrons. The second-order valence-electron chi connectivity index (χ2n) is 4.12. The number of nitrogens with one attached hydrogen (secondary N) is 1. The molecule has 0 spiro atoms. The Kier molecular flexibility index (Phi) is 3.70. The van der Waals surface area contributed by atoms with Gasteiger partial charge in [0.1, 0.15) is 5.75 Å². The van der Waals surface area contributed by atoms with E-state index in [9.17, 15) is 4.79 Å². The van der Waals surface area contributed by atoms with Crippen molar-refractivity contribution in [3.63, 3.8) is 0 Å². The molecule has 3 N–H and O–H groups in total. The quantitative estimate of drug-likeness (QED) is 0.801. The lowest BCUT2D eigenvalue weighted by Gasteiger charge is -2.11. The second kappa shape index (κ2) is 5.43. The van der Waals surface area contributed by atoms with Crippen LogP contribution in [-0.4, -0.2) is 16.7 Å². The molecule has 6 nitrogen and oxygen atoms in total. The fraction of sp³-hybridized carbons (Fsp3) is 0.231. The molecule has 0 bridgehead atoms. The molecule has 0 saturated heterocycles. The number of nitrogens with zero attached hydrogens (tertiary/aromatic N) is 2. The third kappa shape index (κ3) is 2.85. The summed E-state index contributed by atoms with van der Waals surface area (Å²) in [4.78, 5) is 15.8. The highest BCUT2D eigenvalue weighted by atomic mass is 16.5. The molecule has 2 rings (SSSR count). The minimum atomic E-state index is -0.176. The van der Waals surface area contributed by atoms with E-state index in [0.717, 1.165) is 11.3 Å². The van der Waals surface area contributed by atoms with Crippen molar-refractivity contribution >= 4 is 11.5 Å². The number of methoxy groups -OCH3 is 1. The van der Waals surface area contributed by atoms with Gasteiger partial charge in [-0.25, -0.2) is 4.98 Å². The summed E-state index contributed by atoms with van der Waals surface area (Å²) in [5.74, 6) is 1.02. The van der Waals surface area contributed by atoms with E-state index in [-0.39, 0.29) is 5.56 Å². The number of hydrogen-bond acceptors (Lipinski definition) is 5. The van der Waals surface area contributed by atoms with Crippen molar-refractivity contribution in [2.24, 2.45) is 7.05 Å². The Morgan fingerprint density at radius 1 is 1.47 bits per heavy atom. The summed E-state index contributed by atoms with van der Waals surface area (Å²) in [6.07, 6.45) is 3.18. The number of ether oxygens (including phenoxy) is 1. The van der Waals surface area contributed by atoms with Gasteiger partial charge >= 0.3 is 0 Å². The van der Waals surface area contributed by atoms with Crippen LogP contribution in [0, 0.1) is 0 Å². The van der Waals surface area contributed by atoms with Crippen LogP contribution in [0.4, 0.5) is 11.5 Å². The van der Waals surface area contributed by atoms with Crippen LogP contribution < -0.4 is 21.3 Å². The van der Waals surface area contributed by atoms with Gasteiger partial charge in [0.25, 0.3) is 5.56 Å². The van der Waals surface area contributed by atoms with Crippen LogP contribution in [0.15, 0.2) is 35.4 Å². The lowest BCUT2D eigenvalue weighted by Crippen LogP contribution is -2.21. The van der Waals surface area contributed by atoms with Crippen LogP contribution in [0.2, 0.25) is 0 Å². The van der Waals surface area contributed by atoms with Crippen molar-refractivity contribution in [2.75, 3.05) is 18.2 Å². The van der Waals surface area contributed by atoms with Gasteiger partial charge in [0.05, 0.1) is 7.11 Å². The Labute approximate surface area is 110 Å². The molecule has 0 saturated carbocycles. The lowest BCUT2D eigenvalue weighted by molar-refractivity contribution is 0.410. The molecule has 0 aliphatic heterocycles. The number of nitrogens with two attached hydrogens (primary N) is 1. The maximum Gasteiger partial charge on any atom is 0.293 e. The summed E-state index contributed by atoms with van der Waals surface area (Å²) < 4.78 is 6.71. The number of hydrogen-bond donors (Lipinski definition) is 2. The fourth-order valence-electron chi connectivity index (χ4n) is 1.73. The van der Waals surface area contributed by atoms with Crippen molar-refractivity contribution in [1.29, 1.82) is 0 Å². The minimum Gasteiger partial charge on any atom is -0.496 e. The standard InChI is InChI=1S/C13H16N4O2/c1-17-6-5-15-12(13(17)18)16-8-9-7-10(14)3-4-11(9)19-2/h3-7H,8,14H2,1-2H3,(H,15,16). The summed E-state index contributed by atoms with van der Waals surface area (Å²) in [6, 6.07) is 5.37. The summed E-state index contributed by atoms with van der Waals surface area (Å²) >= 11 is 0. The summed E-state index contributed by atoms with van der Waals surface area (Å²) in [7, 11) is 3.27. The highest BCUT2D eigenvalue weighted by molar-refractivity contribution is 5.49. The molecule has 0 amide bonds. The average molecular weight is 260 g/mol. The molecule has 0 atom stereocenters. The van der Waals surface area contributed by atoms with Crippen molar-refractivity contribution in [2.45, 2.75) is 6.54 Å². The van der Waals surface area contributed by atoms with Crippen LogP contribution >= 0.6 is 0 Å². The van der Waals surface area contributed by atoms with E-state index < -0.39 is 0 Å². The highest BCUT2D eigenvalue weighted by Crippen LogP contribution is 2.21. The lowest BCUT2D eigenvalue weighted by atomic mass is 10.2. The van der Waals surface area contributed by atoms with Crippen molar-refractivity contribution < 1.29 is 4.74 Å². The van der Waals surface area contributed by atoms with Gasteiger partial charge in [-0.15, -0.1) is 0 Å². The van der Waals surface area contributed by atoms with Gasteiger partial charge in [0.15, 0.2) is 5.82 Å². The zero-order valence-electron chi connectivity index (χ0n) is 10.9. The van der Waals surface area contributed by atoms with Gasteiger partial charge in [-0.05, 0) is 18.2 Å². The Balaban J connectivity index is 2.21. The summed E-state index contributed by atoms with van der Waals surface area (Å²) in [6.45, 7) is 0.417. The van der Waals surface area contributed by atoms with Crippen molar-refractivity contribution in [3.05, 3.63) is 46.5 Å². The first-order chi connectivity index (χ1) is 9.11. The van der Waals surface area contributed by atoms with Gasteiger partial charge in [0.2, 0.25) is 0 Å². The fourth-order valence-corrected chi connectivity index (χ4v) is 1.73. The number of benzene rings is 1. The number of aromatic nitrogens is 2. The highest BCUT2D eigenvalue weighted by Gasteiger charge is 2.06. The van der Waals surface area contributed by atoms with Crippen LogP contribution in [0.25, 0.3) is 0 Å². The third-order valence-corrected chi connectivity index (χ3v) is 2.77. The van der Waals surface area contributed by atoms with Crippen molar-refractivity contribution in [3.8, 4) is 5.75 Å². The molecule has 0 fully saturated rings. The van der Waals surface area contributed by atoms with Crippen LogP contribution in [0.1, 0.15) is 5.56 Å². The molecule has 0 aliphatic carbocycles. The second-order valence-corrected chi connectivity index (χ2v) is 4.12. The maximum absolute atomic E-state index is 11.8. The SMILES string of the molecule is COc1ccc(N)cc1CNc1nccn(C)c1=O. The van der Waals surface area contributed by atoms with Gasteiger partial charge < -0.3 is 20.4 Å². The summed E-state index contributed by atoms with van der Waals surface area (Å²) in [5.41, 5.74) is 7.08. The van der Waals surface area contributed by atoms with E-state index in [0.29, 0.717) is 18.1 Å². The van der Waals surface area contributed by atoms with E-state index in [1.165, 1.54) is 4.57 Å². The number of nitrogen functional groups attached to an aromatic ring is 1. The third-order valence-electron chi connectivity index (χ3n) is 2.77. The topological polar surface area (TPSA) is 82.2 Å². The Morgan fingerprint density at radius 3 is 3.00 bits per heavy atom. The van der Waals surface area contributed by atoms with Gasteiger partial charge in [-0.2, -0.15) is 0 Å². The normalized spacial score (nSPS) is 10.2. The van der Waals surface area contributed by atoms with Gasteiger partial charge in [0, 0.05) is 37.2 Å². The Bertz CT molecular complexity index is 637. The molecule has 19 heavy (non-hydrogen) atoms. The van der Waals surface area contributed by atoms with E-state index >= 15 is 0 Å². The molecular formula is C13H16N4O2. The van der Waals surface area contributed by atoms with E-state index in [2.05, 4.69) is 10.3 Å². The van der Waals surface area contributed by atoms with Crippen molar-refractivity contribution in [1.82, 2.24) is 9.55 Å². The predicted molar refractivity (Wildman–Crippen MR) is 74.2 cm³/mol. The predicted octanol–water partition coefficient (Wildman–Crippen LogP) is 0.983. The van der Waals surface area contributed by atoms with E-state index in [1.54, 1.807) is 44.8 Å². The molecule has 1 aromatic heterocycles. The zero-order chi connectivity index (χ0) is 13.8. The smallest absolute Gasteiger partial charge is 0.293 e. The van der Waals surface area contributed by atoms with E-state index in [1.807, 2.05) is 0 Å². The molecule has 1 aromatic carbocycles. The number of anilines is 2. The van der Waals surface area contributed by atoms with Gasteiger partial charge in [-0.1, -0.05) is 0 Å². The molecule has 2 aromatic rings. The molecule has 0 unspecified atom stereocenters. The first-order valence-electron chi connectivity index (χ1n) is 5.79. The minimum absolute atomic E-state index is 0.176. The first kappa shape index (κ1) is 12.9. The molecule has 1 heterocycles. The van der Waals surface area contributed by atoms with Crippen LogP contribution in [0.5, 0.6) is 5.75 Å². The Hall–Kier alpha value is -2.50. The largest absolute Gasteiger partial charge is 0.496 e. The zero-order valence-corrected chi connectivity index (χ0v) is 10.9. The Morgan fingerprint density at radius 2 is 2.26 bits per heavy atom. The molecule has 0 radical (unpaired) electrons. The molecular weight excluding hydrogens is 244 g/mol. The molecule has 0 aliphatic rings. The van der Waals surface area contributed by atoms with E-state index in [4.69, 9.17) is 10.5 Å². The molecule has 6 heteroatoms. The van der Waals surface area contributed by atoms with Gasteiger partial charge in [-0.3, -0.25) is 4.79 Å². The summed E-state index contributed by atoms with van der Waals surface area (Å²) in [5, 5.41) is 2.99. The average Bonchev–Trinajstić information content (AvgIpc) is 2.40. The maximum atomic E-state index is 11.8. The number of aryl methyl sites for hydroxylation is 1. The number of rotatable bonds is 4.